The van der Waals surface area contributed by atoms with Gasteiger partial charge in [-0.25, -0.2) is 4.39 Å². The van der Waals surface area contributed by atoms with E-state index in [-0.39, 0.29) is 53.1 Å². The molecule has 0 saturated carbocycles. The molecule has 1 aliphatic rings. The number of aryl methyl sites for hydroxylation is 1. The Morgan fingerprint density at radius 3 is 2.66 bits per heavy atom. The lowest BCUT2D eigenvalue weighted by Gasteiger charge is -2.24. The molecule has 0 aliphatic carbocycles. The Morgan fingerprint density at radius 2 is 1.93 bits per heavy atom. The quantitative estimate of drug-likeness (QED) is 0.787. The molecule has 3 rings (SSSR count). The summed E-state index contributed by atoms with van der Waals surface area (Å²) in [4.78, 5) is 38.5. The second-order valence-corrected chi connectivity index (χ2v) is 7.93. The molecule has 152 valence electrons. The van der Waals surface area contributed by atoms with E-state index in [0.29, 0.717) is 5.69 Å². The first-order valence-corrected chi connectivity index (χ1v) is 10.3. The van der Waals surface area contributed by atoms with Gasteiger partial charge in [-0.3, -0.25) is 14.4 Å². The van der Waals surface area contributed by atoms with Gasteiger partial charge >= 0.3 is 0 Å². The molecule has 1 aliphatic heterocycles. The van der Waals surface area contributed by atoms with Crippen LogP contribution in [0.3, 0.4) is 0 Å². The first-order chi connectivity index (χ1) is 13.8. The Hall–Kier alpha value is -2.87. The van der Waals surface area contributed by atoms with Crippen LogP contribution in [0.2, 0.25) is 0 Å². The molecule has 6 nitrogen and oxygen atoms in total. The Balaban J connectivity index is 1.61. The lowest BCUT2D eigenvalue weighted by molar-refractivity contribution is -0.116. The number of rotatable bonds is 5. The number of carbonyl (C=O) groups is 3. The van der Waals surface area contributed by atoms with Crippen LogP contribution in [0.5, 0.6) is 0 Å². The summed E-state index contributed by atoms with van der Waals surface area (Å²) in [6, 6.07) is 10.9. The van der Waals surface area contributed by atoms with Crippen molar-refractivity contribution in [3.8, 4) is 0 Å². The van der Waals surface area contributed by atoms with E-state index >= 15 is 0 Å². The van der Waals surface area contributed by atoms with Crippen molar-refractivity contribution in [3.63, 3.8) is 0 Å². The van der Waals surface area contributed by atoms with Crippen LogP contribution in [0.15, 0.2) is 42.5 Å². The number of amides is 3. The summed E-state index contributed by atoms with van der Waals surface area (Å²) >= 11 is 1.17. The van der Waals surface area contributed by atoms with Crippen LogP contribution in [-0.4, -0.2) is 41.8 Å². The predicted molar refractivity (Wildman–Crippen MR) is 113 cm³/mol. The number of nitrogens with zero attached hydrogens (tertiary/aromatic N) is 1. The number of anilines is 2. The Morgan fingerprint density at radius 1 is 1.21 bits per heavy atom. The van der Waals surface area contributed by atoms with Gasteiger partial charge in [0.25, 0.3) is 5.91 Å². The van der Waals surface area contributed by atoms with Crippen LogP contribution in [0.25, 0.3) is 0 Å². The number of benzene rings is 2. The van der Waals surface area contributed by atoms with Crippen LogP contribution in [-0.2, 0) is 9.59 Å². The maximum absolute atomic E-state index is 13.8. The molecule has 0 spiro atoms. The summed E-state index contributed by atoms with van der Waals surface area (Å²) in [5, 5.41) is 5.56. The number of hydrogen-bond acceptors (Lipinski definition) is 4. The number of halogens is 1. The standard InChI is InChI=1S/C21H22FN3O3S/c1-13-3-6-16(7-4-13)24-19(26)11-29-12-20(27)25-10-14(2)23-21(28)17-8-5-15(22)9-18(17)25/h3-9,14H,10-12H2,1-2H3,(H,23,28)(H,24,26). The molecular weight excluding hydrogens is 393 g/mol. The third-order valence-corrected chi connectivity index (χ3v) is 5.34. The van der Waals surface area contributed by atoms with Gasteiger partial charge in [-0.05, 0) is 44.2 Å². The molecule has 1 atom stereocenters. The summed E-state index contributed by atoms with van der Waals surface area (Å²) in [7, 11) is 0. The SMILES string of the molecule is Cc1ccc(NC(=O)CSCC(=O)N2CC(C)NC(=O)c3ccc(F)cc32)cc1. The Labute approximate surface area is 172 Å². The zero-order chi connectivity index (χ0) is 21.0. The van der Waals surface area contributed by atoms with E-state index in [1.807, 2.05) is 31.2 Å². The fourth-order valence-electron chi connectivity index (χ4n) is 3.02. The minimum Gasteiger partial charge on any atom is -0.348 e. The molecule has 0 saturated heterocycles. The van der Waals surface area contributed by atoms with Crippen molar-refractivity contribution in [2.75, 3.05) is 28.3 Å². The monoisotopic (exact) mass is 415 g/mol. The summed E-state index contributed by atoms with van der Waals surface area (Å²) in [6.45, 7) is 3.98. The van der Waals surface area contributed by atoms with Crippen molar-refractivity contribution in [1.82, 2.24) is 5.32 Å². The molecule has 2 aromatic rings. The molecule has 1 heterocycles. The van der Waals surface area contributed by atoms with E-state index in [0.717, 1.165) is 5.56 Å². The average Bonchev–Trinajstić information content (AvgIpc) is 2.79. The van der Waals surface area contributed by atoms with Gasteiger partial charge in [0, 0.05) is 18.3 Å². The molecule has 2 N–H and O–H groups in total. The van der Waals surface area contributed by atoms with Gasteiger partial charge in [-0.15, -0.1) is 11.8 Å². The van der Waals surface area contributed by atoms with E-state index in [4.69, 9.17) is 0 Å². The maximum Gasteiger partial charge on any atom is 0.253 e. The van der Waals surface area contributed by atoms with Crippen LogP contribution >= 0.6 is 11.8 Å². The molecule has 0 fully saturated rings. The fourth-order valence-corrected chi connectivity index (χ4v) is 3.71. The van der Waals surface area contributed by atoms with E-state index in [2.05, 4.69) is 10.6 Å². The number of fused-ring (bicyclic) bond motifs is 1. The third-order valence-electron chi connectivity index (χ3n) is 4.42. The van der Waals surface area contributed by atoms with E-state index in [9.17, 15) is 18.8 Å². The van der Waals surface area contributed by atoms with E-state index in [1.54, 1.807) is 6.92 Å². The molecule has 8 heteroatoms. The number of hydrogen-bond donors (Lipinski definition) is 2. The highest BCUT2D eigenvalue weighted by molar-refractivity contribution is 8.00. The molecule has 29 heavy (non-hydrogen) atoms. The molecule has 2 aromatic carbocycles. The molecule has 0 bridgehead atoms. The second-order valence-electron chi connectivity index (χ2n) is 6.95. The van der Waals surface area contributed by atoms with Gasteiger partial charge in [0.1, 0.15) is 5.82 Å². The average molecular weight is 415 g/mol. The zero-order valence-corrected chi connectivity index (χ0v) is 17.0. The van der Waals surface area contributed by atoms with E-state index < -0.39 is 5.82 Å². The van der Waals surface area contributed by atoms with Gasteiger partial charge in [0.15, 0.2) is 0 Å². The van der Waals surface area contributed by atoms with Crippen molar-refractivity contribution < 1.29 is 18.8 Å². The normalized spacial score (nSPS) is 15.9. The number of carbonyl (C=O) groups excluding carboxylic acids is 3. The lowest BCUT2D eigenvalue weighted by Crippen LogP contribution is -2.41. The molecular formula is C21H22FN3O3S. The van der Waals surface area contributed by atoms with Crippen molar-refractivity contribution in [3.05, 3.63) is 59.4 Å². The fraction of sp³-hybridized carbons (Fsp3) is 0.286. The van der Waals surface area contributed by atoms with Gasteiger partial charge in [0.05, 0.1) is 22.8 Å². The zero-order valence-electron chi connectivity index (χ0n) is 16.2. The van der Waals surface area contributed by atoms with Crippen molar-refractivity contribution >= 4 is 40.9 Å². The first kappa shape index (κ1) is 20.9. The Bertz CT molecular complexity index is 933. The van der Waals surface area contributed by atoms with Gasteiger partial charge in [0.2, 0.25) is 11.8 Å². The summed E-state index contributed by atoms with van der Waals surface area (Å²) in [5.41, 5.74) is 2.30. The van der Waals surface area contributed by atoms with Crippen LogP contribution in [0.1, 0.15) is 22.8 Å². The number of nitrogens with one attached hydrogen (secondary N) is 2. The molecule has 3 amide bonds. The summed E-state index contributed by atoms with van der Waals surface area (Å²) in [5.74, 6) is -1.21. The van der Waals surface area contributed by atoms with E-state index in [1.165, 1.54) is 34.9 Å². The van der Waals surface area contributed by atoms with Crippen molar-refractivity contribution in [2.24, 2.45) is 0 Å². The topological polar surface area (TPSA) is 78.5 Å². The molecule has 0 radical (unpaired) electrons. The Kier molecular flexibility index (Phi) is 6.53. The van der Waals surface area contributed by atoms with Crippen molar-refractivity contribution in [2.45, 2.75) is 19.9 Å². The third kappa shape index (κ3) is 5.35. The van der Waals surface area contributed by atoms with Crippen molar-refractivity contribution in [1.29, 1.82) is 0 Å². The highest BCUT2D eigenvalue weighted by atomic mass is 32.2. The van der Waals surface area contributed by atoms with Gasteiger partial charge < -0.3 is 15.5 Å². The molecule has 0 aromatic heterocycles. The van der Waals surface area contributed by atoms with Crippen LogP contribution < -0.4 is 15.5 Å². The van der Waals surface area contributed by atoms with Gasteiger partial charge in [-0.2, -0.15) is 0 Å². The highest BCUT2D eigenvalue weighted by Gasteiger charge is 2.28. The van der Waals surface area contributed by atoms with Gasteiger partial charge in [-0.1, -0.05) is 17.7 Å². The second kappa shape index (κ2) is 9.09. The smallest absolute Gasteiger partial charge is 0.253 e. The highest BCUT2D eigenvalue weighted by Crippen LogP contribution is 2.26. The lowest BCUT2D eigenvalue weighted by atomic mass is 10.1. The minimum absolute atomic E-state index is 0.0399. The number of thioether (sulfide) groups is 1. The minimum atomic E-state index is -0.519. The van der Waals surface area contributed by atoms with Crippen LogP contribution in [0, 0.1) is 12.7 Å². The largest absolute Gasteiger partial charge is 0.348 e. The maximum atomic E-state index is 13.8. The first-order valence-electron chi connectivity index (χ1n) is 9.18. The summed E-state index contributed by atoms with van der Waals surface area (Å²) in [6.07, 6.45) is 0. The van der Waals surface area contributed by atoms with Crippen LogP contribution in [0.4, 0.5) is 15.8 Å². The predicted octanol–water partition coefficient (Wildman–Crippen LogP) is 2.97. The molecule has 1 unspecified atom stereocenters. The summed E-state index contributed by atoms with van der Waals surface area (Å²) < 4.78 is 13.8.